The molecule has 0 amide bonds. The predicted molar refractivity (Wildman–Crippen MR) is 58.9 cm³/mol. The predicted octanol–water partition coefficient (Wildman–Crippen LogP) is 2.47. The fraction of sp³-hybridized carbons (Fsp3) is 0.500. The zero-order valence-electron chi connectivity index (χ0n) is 9.29. The van der Waals surface area contributed by atoms with Crippen molar-refractivity contribution in [1.29, 1.82) is 0 Å². The van der Waals surface area contributed by atoms with Crippen LogP contribution in [-0.2, 0) is 11.3 Å². The molecule has 0 spiro atoms. The van der Waals surface area contributed by atoms with Gasteiger partial charge >= 0.3 is 0 Å². The number of halogens is 1. The number of hydrogen-bond acceptors (Lipinski definition) is 2. The van der Waals surface area contributed by atoms with Gasteiger partial charge in [-0.1, -0.05) is 25.1 Å². The van der Waals surface area contributed by atoms with Gasteiger partial charge in [-0.2, -0.15) is 0 Å². The fourth-order valence-electron chi connectivity index (χ4n) is 1.11. The maximum Gasteiger partial charge on any atom is 0.128 e. The molecule has 0 aliphatic heterocycles. The maximum absolute atomic E-state index is 13.2. The summed E-state index contributed by atoms with van der Waals surface area (Å²) >= 11 is 0. The Balaban J connectivity index is 2.42. The standard InChI is InChI=1S/C12H18FNO/c1-3-12(2,14)9-15-8-10-6-4-5-7-11(10)13/h4-7H,3,8-9,14H2,1-2H3. The second-order valence-corrected chi connectivity index (χ2v) is 4.09. The Morgan fingerprint density at radius 2 is 2.07 bits per heavy atom. The minimum absolute atomic E-state index is 0.229. The first-order chi connectivity index (χ1) is 7.05. The highest BCUT2D eigenvalue weighted by molar-refractivity contribution is 5.16. The van der Waals surface area contributed by atoms with Gasteiger partial charge in [0.1, 0.15) is 5.82 Å². The van der Waals surface area contributed by atoms with Crippen molar-refractivity contribution >= 4 is 0 Å². The smallest absolute Gasteiger partial charge is 0.128 e. The van der Waals surface area contributed by atoms with Crippen LogP contribution in [0.3, 0.4) is 0 Å². The second kappa shape index (κ2) is 5.24. The van der Waals surface area contributed by atoms with Gasteiger partial charge in [0, 0.05) is 11.1 Å². The van der Waals surface area contributed by atoms with Crippen molar-refractivity contribution in [3.63, 3.8) is 0 Å². The highest BCUT2D eigenvalue weighted by Crippen LogP contribution is 2.10. The maximum atomic E-state index is 13.2. The minimum atomic E-state index is -0.328. The Morgan fingerprint density at radius 1 is 1.40 bits per heavy atom. The number of ether oxygens (including phenoxy) is 1. The van der Waals surface area contributed by atoms with Crippen molar-refractivity contribution in [2.45, 2.75) is 32.4 Å². The van der Waals surface area contributed by atoms with Crippen LogP contribution in [0.4, 0.5) is 4.39 Å². The molecule has 0 fully saturated rings. The Morgan fingerprint density at radius 3 is 2.67 bits per heavy atom. The van der Waals surface area contributed by atoms with Crippen LogP contribution in [0.5, 0.6) is 0 Å². The number of benzene rings is 1. The molecule has 0 saturated heterocycles. The van der Waals surface area contributed by atoms with Crippen LogP contribution >= 0.6 is 0 Å². The van der Waals surface area contributed by atoms with E-state index in [1.54, 1.807) is 18.2 Å². The number of nitrogens with two attached hydrogens (primary N) is 1. The molecule has 1 rings (SSSR count). The van der Waals surface area contributed by atoms with E-state index in [4.69, 9.17) is 10.5 Å². The lowest BCUT2D eigenvalue weighted by Gasteiger charge is -2.22. The van der Waals surface area contributed by atoms with Gasteiger partial charge < -0.3 is 10.5 Å². The molecule has 0 aliphatic rings. The van der Waals surface area contributed by atoms with Gasteiger partial charge in [-0.05, 0) is 19.4 Å². The van der Waals surface area contributed by atoms with E-state index in [9.17, 15) is 4.39 Å². The van der Waals surface area contributed by atoms with Gasteiger partial charge in [0.05, 0.1) is 13.2 Å². The summed E-state index contributed by atoms with van der Waals surface area (Å²) < 4.78 is 18.6. The Bertz CT molecular complexity index is 312. The number of rotatable bonds is 5. The van der Waals surface area contributed by atoms with Gasteiger partial charge in [-0.15, -0.1) is 0 Å². The average Bonchev–Trinajstić information content (AvgIpc) is 2.21. The van der Waals surface area contributed by atoms with Crippen LogP contribution < -0.4 is 5.73 Å². The molecule has 0 saturated carbocycles. The Labute approximate surface area is 90.2 Å². The molecule has 1 aromatic carbocycles. The van der Waals surface area contributed by atoms with Gasteiger partial charge in [-0.25, -0.2) is 4.39 Å². The lowest BCUT2D eigenvalue weighted by Crippen LogP contribution is -2.40. The summed E-state index contributed by atoms with van der Waals surface area (Å²) in [6.45, 7) is 4.65. The van der Waals surface area contributed by atoms with E-state index in [1.165, 1.54) is 6.07 Å². The average molecular weight is 211 g/mol. The van der Waals surface area contributed by atoms with Gasteiger partial charge in [0.15, 0.2) is 0 Å². The van der Waals surface area contributed by atoms with Crippen molar-refractivity contribution < 1.29 is 9.13 Å². The van der Waals surface area contributed by atoms with Crippen LogP contribution in [0.1, 0.15) is 25.8 Å². The normalized spacial score (nSPS) is 14.9. The van der Waals surface area contributed by atoms with E-state index in [1.807, 2.05) is 13.8 Å². The van der Waals surface area contributed by atoms with Crippen LogP contribution in [-0.4, -0.2) is 12.1 Å². The van der Waals surface area contributed by atoms with E-state index >= 15 is 0 Å². The zero-order chi connectivity index (χ0) is 11.3. The molecule has 0 radical (unpaired) electrons. The van der Waals surface area contributed by atoms with E-state index in [0.29, 0.717) is 12.2 Å². The summed E-state index contributed by atoms with van der Waals surface area (Å²) in [4.78, 5) is 0. The van der Waals surface area contributed by atoms with Crippen molar-refractivity contribution in [3.8, 4) is 0 Å². The summed E-state index contributed by atoms with van der Waals surface area (Å²) in [6, 6.07) is 6.61. The van der Waals surface area contributed by atoms with Crippen LogP contribution in [0.25, 0.3) is 0 Å². The lowest BCUT2D eigenvalue weighted by atomic mass is 10.0. The lowest BCUT2D eigenvalue weighted by molar-refractivity contribution is 0.0760. The molecule has 3 heteroatoms. The van der Waals surface area contributed by atoms with Gasteiger partial charge in [0.2, 0.25) is 0 Å². The summed E-state index contributed by atoms with van der Waals surface area (Å²) in [6.07, 6.45) is 0.838. The molecule has 15 heavy (non-hydrogen) atoms. The highest BCUT2D eigenvalue weighted by atomic mass is 19.1. The molecule has 0 aliphatic carbocycles. The molecular weight excluding hydrogens is 193 g/mol. The molecular formula is C12H18FNO. The molecule has 0 aromatic heterocycles. The van der Waals surface area contributed by atoms with Crippen molar-refractivity contribution in [2.75, 3.05) is 6.61 Å². The molecule has 0 bridgehead atoms. The summed E-state index contributed by atoms with van der Waals surface area (Å²) in [7, 11) is 0. The molecule has 2 nitrogen and oxygen atoms in total. The molecule has 0 heterocycles. The number of hydrogen-bond donors (Lipinski definition) is 1. The van der Waals surface area contributed by atoms with Crippen molar-refractivity contribution in [1.82, 2.24) is 0 Å². The molecule has 1 unspecified atom stereocenters. The molecule has 84 valence electrons. The van der Waals surface area contributed by atoms with E-state index in [0.717, 1.165) is 6.42 Å². The quantitative estimate of drug-likeness (QED) is 0.812. The third-order valence-electron chi connectivity index (χ3n) is 2.45. The highest BCUT2D eigenvalue weighted by Gasteiger charge is 2.15. The molecule has 2 N–H and O–H groups in total. The fourth-order valence-corrected chi connectivity index (χ4v) is 1.11. The van der Waals surface area contributed by atoms with E-state index in [-0.39, 0.29) is 18.0 Å². The third kappa shape index (κ3) is 3.98. The Kier molecular flexibility index (Phi) is 4.24. The van der Waals surface area contributed by atoms with Gasteiger partial charge in [0.25, 0.3) is 0 Å². The van der Waals surface area contributed by atoms with E-state index in [2.05, 4.69) is 0 Å². The monoisotopic (exact) mass is 211 g/mol. The topological polar surface area (TPSA) is 35.2 Å². The first-order valence-electron chi connectivity index (χ1n) is 5.15. The summed E-state index contributed by atoms with van der Waals surface area (Å²) in [5.74, 6) is -0.229. The first kappa shape index (κ1) is 12.1. The largest absolute Gasteiger partial charge is 0.375 e. The summed E-state index contributed by atoms with van der Waals surface area (Å²) in [5, 5.41) is 0. The third-order valence-corrected chi connectivity index (χ3v) is 2.45. The zero-order valence-corrected chi connectivity index (χ0v) is 9.29. The van der Waals surface area contributed by atoms with Crippen LogP contribution in [0, 0.1) is 5.82 Å². The van der Waals surface area contributed by atoms with Crippen LogP contribution in [0.15, 0.2) is 24.3 Å². The van der Waals surface area contributed by atoms with Crippen molar-refractivity contribution in [3.05, 3.63) is 35.6 Å². The van der Waals surface area contributed by atoms with Gasteiger partial charge in [-0.3, -0.25) is 0 Å². The Hall–Kier alpha value is -0.930. The van der Waals surface area contributed by atoms with Crippen molar-refractivity contribution in [2.24, 2.45) is 5.73 Å². The summed E-state index contributed by atoms with van der Waals surface area (Å²) in [5.41, 5.74) is 6.14. The second-order valence-electron chi connectivity index (χ2n) is 4.09. The first-order valence-corrected chi connectivity index (χ1v) is 5.15. The molecule has 1 aromatic rings. The van der Waals surface area contributed by atoms with Crippen LogP contribution in [0.2, 0.25) is 0 Å². The van der Waals surface area contributed by atoms with E-state index < -0.39 is 0 Å². The SMILES string of the molecule is CCC(C)(N)COCc1ccccc1F. The minimum Gasteiger partial charge on any atom is -0.375 e. The molecule has 1 atom stereocenters.